The third-order valence-electron chi connectivity index (χ3n) is 4.21. The lowest BCUT2D eigenvalue weighted by Gasteiger charge is -2.34. The molecule has 1 rings (SSSR count). The summed E-state index contributed by atoms with van der Waals surface area (Å²) in [5.74, 6) is 0.869. The van der Waals surface area contributed by atoms with E-state index in [0.29, 0.717) is 31.8 Å². The average molecular weight is 301 g/mol. The summed E-state index contributed by atoms with van der Waals surface area (Å²) in [4.78, 5) is 0. The first-order chi connectivity index (χ1) is 9.87. The van der Waals surface area contributed by atoms with E-state index in [9.17, 15) is 0 Å². The van der Waals surface area contributed by atoms with Crippen molar-refractivity contribution in [2.45, 2.75) is 52.5 Å². The van der Waals surface area contributed by atoms with E-state index in [-0.39, 0.29) is 5.54 Å². The van der Waals surface area contributed by atoms with E-state index in [1.165, 1.54) is 12.8 Å². The minimum Gasteiger partial charge on any atom is -0.382 e. The number of nitrogens with one attached hydrogen (secondary N) is 1. The maximum absolute atomic E-state index is 5.73. The molecular weight excluding hydrogens is 266 g/mol. The van der Waals surface area contributed by atoms with E-state index in [1.54, 1.807) is 7.11 Å². The van der Waals surface area contributed by atoms with Gasteiger partial charge in [-0.25, -0.2) is 0 Å². The van der Waals surface area contributed by atoms with Crippen molar-refractivity contribution in [1.82, 2.24) is 5.32 Å². The van der Waals surface area contributed by atoms with Gasteiger partial charge in [-0.2, -0.15) is 0 Å². The zero-order valence-corrected chi connectivity index (χ0v) is 14.7. The zero-order chi connectivity index (χ0) is 15.8. The third kappa shape index (κ3) is 8.77. The standard InChI is InChI=1S/C17H35NO3/c1-16(2,3)18-14-17(4,15-6-7-15)8-9-20-12-13-21-11-10-19-5/h15,18H,6-14H2,1-5H3. The molecule has 1 unspecified atom stereocenters. The van der Waals surface area contributed by atoms with Gasteiger partial charge in [-0.3, -0.25) is 0 Å². The molecule has 126 valence electrons. The molecule has 0 bridgehead atoms. The van der Waals surface area contributed by atoms with Crippen LogP contribution < -0.4 is 5.32 Å². The summed E-state index contributed by atoms with van der Waals surface area (Å²) in [6.45, 7) is 13.6. The van der Waals surface area contributed by atoms with Gasteiger partial charge in [0.2, 0.25) is 0 Å². The fraction of sp³-hybridized carbons (Fsp3) is 1.00. The van der Waals surface area contributed by atoms with Crippen molar-refractivity contribution < 1.29 is 14.2 Å². The van der Waals surface area contributed by atoms with Gasteiger partial charge in [-0.05, 0) is 51.4 Å². The van der Waals surface area contributed by atoms with Crippen LogP contribution in [0.4, 0.5) is 0 Å². The molecular formula is C17H35NO3. The largest absolute Gasteiger partial charge is 0.382 e. The van der Waals surface area contributed by atoms with Crippen LogP contribution in [0.2, 0.25) is 0 Å². The summed E-state index contributed by atoms with van der Waals surface area (Å²) >= 11 is 0. The lowest BCUT2D eigenvalue weighted by atomic mass is 9.81. The maximum atomic E-state index is 5.73. The van der Waals surface area contributed by atoms with Crippen molar-refractivity contribution in [2.75, 3.05) is 46.7 Å². The Morgan fingerprint density at radius 1 is 0.905 bits per heavy atom. The molecule has 1 aliphatic rings. The van der Waals surface area contributed by atoms with Gasteiger partial charge in [0.1, 0.15) is 0 Å². The lowest BCUT2D eigenvalue weighted by Crippen LogP contribution is -2.44. The van der Waals surface area contributed by atoms with Crippen molar-refractivity contribution in [3.63, 3.8) is 0 Å². The molecule has 4 heteroatoms. The molecule has 0 spiro atoms. The Balaban J connectivity index is 2.13. The van der Waals surface area contributed by atoms with Gasteiger partial charge in [0.05, 0.1) is 26.4 Å². The number of hydrogen-bond donors (Lipinski definition) is 1. The average Bonchev–Trinajstić information content (AvgIpc) is 3.23. The van der Waals surface area contributed by atoms with Crippen LogP contribution in [-0.2, 0) is 14.2 Å². The van der Waals surface area contributed by atoms with Crippen LogP contribution >= 0.6 is 0 Å². The molecule has 0 heterocycles. The normalized spacial score (nSPS) is 18.7. The van der Waals surface area contributed by atoms with Crippen molar-refractivity contribution in [3.8, 4) is 0 Å². The van der Waals surface area contributed by atoms with E-state index in [2.05, 4.69) is 33.0 Å². The Kier molecular flexibility index (Phi) is 8.17. The van der Waals surface area contributed by atoms with E-state index in [1.807, 2.05) is 0 Å². The molecule has 0 amide bonds. The van der Waals surface area contributed by atoms with Crippen molar-refractivity contribution in [1.29, 1.82) is 0 Å². The van der Waals surface area contributed by atoms with Crippen LogP contribution in [0.25, 0.3) is 0 Å². The van der Waals surface area contributed by atoms with Crippen LogP contribution in [-0.4, -0.2) is 52.2 Å². The number of hydrogen-bond acceptors (Lipinski definition) is 4. The first kappa shape index (κ1) is 18.9. The van der Waals surface area contributed by atoms with Crippen LogP contribution in [0, 0.1) is 11.3 Å². The molecule has 0 radical (unpaired) electrons. The second-order valence-corrected chi connectivity index (χ2v) is 7.50. The van der Waals surface area contributed by atoms with Gasteiger partial charge in [-0.15, -0.1) is 0 Å². The van der Waals surface area contributed by atoms with E-state index in [4.69, 9.17) is 14.2 Å². The predicted octanol–water partition coefficient (Wildman–Crippen LogP) is 2.86. The molecule has 0 aliphatic heterocycles. The van der Waals surface area contributed by atoms with Crippen molar-refractivity contribution >= 4 is 0 Å². The molecule has 21 heavy (non-hydrogen) atoms. The third-order valence-corrected chi connectivity index (χ3v) is 4.21. The summed E-state index contributed by atoms with van der Waals surface area (Å²) in [6.07, 6.45) is 3.88. The number of rotatable bonds is 12. The monoisotopic (exact) mass is 301 g/mol. The van der Waals surface area contributed by atoms with Gasteiger partial charge in [0, 0.05) is 25.8 Å². The zero-order valence-electron chi connectivity index (χ0n) is 14.7. The minimum absolute atomic E-state index is 0.187. The first-order valence-electron chi connectivity index (χ1n) is 8.27. The Bertz CT molecular complexity index is 274. The Hall–Kier alpha value is -0.160. The number of methoxy groups -OCH3 is 1. The maximum Gasteiger partial charge on any atom is 0.0701 e. The highest BCUT2D eigenvalue weighted by atomic mass is 16.5. The molecule has 0 saturated heterocycles. The molecule has 1 fully saturated rings. The van der Waals surface area contributed by atoms with Gasteiger partial charge in [-0.1, -0.05) is 6.92 Å². The second-order valence-electron chi connectivity index (χ2n) is 7.50. The summed E-state index contributed by atoms with van der Waals surface area (Å²) in [6, 6.07) is 0. The summed E-state index contributed by atoms with van der Waals surface area (Å²) < 4.78 is 16.1. The van der Waals surface area contributed by atoms with E-state index < -0.39 is 0 Å². The highest BCUT2D eigenvalue weighted by Gasteiger charge is 2.41. The van der Waals surface area contributed by atoms with Crippen LogP contribution in [0.15, 0.2) is 0 Å². The quantitative estimate of drug-likeness (QED) is 0.563. The molecule has 1 N–H and O–H groups in total. The molecule has 0 aromatic rings. The van der Waals surface area contributed by atoms with E-state index in [0.717, 1.165) is 25.5 Å². The van der Waals surface area contributed by atoms with Crippen LogP contribution in [0.1, 0.15) is 47.0 Å². The second kappa shape index (κ2) is 9.09. The number of ether oxygens (including phenoxy) is 3. The molecule has 0 aromatic carbocycles. The molecule has 1 atom stereocenters. The summed E-state index contributed by atoms with van der Waals surface area (Å²) in [5.41, 5.74) is 0.552. The minimum atomic E-state index is 0.187. The molecule has 4 nitrogen and oxygen atoms in total. The summed E-state index contributed by atoms with van der Waals surface area (Å²) in [5, 5.41) is 3.66. The lowest BCUT2D eigenvalue weighted by molar-refractivity contribution is 0.0154. The van der Waals surface area contributed by atoms with Crippen molar-refractivity contribution in [3.05, 3.63) is 0 Å². The van der Waals surface area contributed by atoms with Crippen LogP contribution in [0.5, 0.6) is 0 Å². The van der Waals surface area contributed by atoms with Gasteiger partial charge < -0.3 is 19.5 Å². The highest BCUT2D eigenvalue weighted by molar-refractivity contribution is 4.93. The topological polar surface area (TPSA) is 39.7 Å². The molecule has 0 aromatic heterocycles. The van der Waals surface area contributed by atoms with Gasteiger partial charge >= 0.3 is 0 Å². The SMILES string of the molecule is COCCOCCOCCC(C)(CNC(C)(C)C)C1CC1. The van der Waals surface area contributed by atoms with Gasteiger partial charge in [0.25, 0.3) is 0 Å². The van der Waals surface area contributed by atoms with Crippen molar-refractivity contribution in [2.24, 2.45) is 11.3 Å². The van der Waals surface area contributed by atoms with Crippen LogP contribution in [0.3, 0.4) is 0 Å². The fourth-order valence-electron chi connectivity index (χ4n) is 2.45. The fourth-order valence-corrected chi connectivity index (χ4v) is 2.45. The molecule has 1 saturated carbocycles. The van der Waals surface area contributed by atoms with E-state index >= 15 is 0 Å². The Morgan fingerprint density at radius 3 is 2.00 bits per heavy atom. The Morgan fingerprint density at radius 2 is 1.48 bits per heavy atom. The van der Waals surface area contributed by atoms with Gasteiger partial charge in [0.15, 0.2) is 0 Å². The molecule has 1 aliphatic carbocycles. The smallest absolute Gasteiger partial charge is 0.0701 e. The Labute approximate surface area is 130 Å². The summed E-state index contributed by atoms with van der Waals surface area (Å²) in [7, 11) is 1.68. The first-order valence-corrected chi connectivity index (χ1v) is 8.27. The highest BCUT2D eigenvalue weighted by Crippen LogP contribution is 2.47. The predicted molar refractivity (Wildman–Crippen MR) is 86.7 cm³/mol.